The van der Waals surface area contributed by atoms with Gasteiger partial charge in [0.05, 0.1) is 5.54 Å². The van der Waals surface area contributed by atoms with E-state index < -0.39 is 5.54 Å². The predicted octanol–water partition coefficient (Wildman–Crippen LogP) is 1.24. The van der Waals surface area contributed by atoms with Crippen LogP contribution >= 0.6 is 15.9 Å². The zero-order valence-electron chi connectivity index (χ0n) is 10.1. The molecule has 0 atom stereocenters. The molecule has 0 aliphatic carbocycles. The molecule has 7 heteroatoms. The number of nitrogens with zero attached hydrogens (tertiary/aromatic N) is 3. The van der Waals surface area contributed by atoms with Gasteiger partial charge in [0.2, 0.25) is 5.89 Å². The summed E-state index contributed by atoms with van der Waals surface area (Å²) in [5.74, 6) is 0.768. The van der Waals surface area contributed by atoms with Crippen molar-refractivity contribution in [2.24, 2.45) is 5.73 Å². The average molecular weight is 313 g/mol. The lowest BCUT2D eigenvalue weighted by atomic mass is 10.1. The molecule has 0 radical (unpaired) electrons. The molecular weight excluding hydrogens is 300 g/mol. The van der Waals surface area contributed by atoms with Crippen molar-refractivity contribution in [3.8, 4) is 0 Å². The first-order valence-electron chi connectivity index (χ1n) is 5.34. The molecule has 6 nitrogen and oxygen atoms in total. The maximum absolute atomic E-state index is 11.6. The number of nitrogens with two attached hydrogens (primary N) is 1. The second-order valence-electron chi connectivity index (χ2n) is 4.55. The van der Waals surface area contributed by atoms with Gasteiger partial charge in [0.1, 0.15) is 6.54 Å². The minimum absolute atomic E-state index is 0.134. The molecular formula is C11H13BrN4O2. The minimum Gasteiger partial charge on any atom is -0.337 e. The SMILES string of the molecule is CC(C)(N)c1noc(Cn2cc(Br)ccc2=O)n1. The number of hydrogen-bond acceptors (Lipinski definition) is 5. The molecule has 2 aromatic rings. The Hall–Kier alpha value is -1.47. The summed E-state index contributed by atoms with van der Waals surface area (Å²) in [5.41, 5.74) is 5.06. The van der Waals surface area contributed by atoms with Gasteiger partial charge in [-0.05, 0) is 35.8 Å². The quantitative estimate of drug-likeness (QED) is 0.921. The first kappa shape index (κ1) is 13.0. The average Bonchev–Trinajstić information content (AvgIpc) is 2.71. The Bertz CT molecular complexity index is 612. The van der Waals surface area contributed by atoms with E-state index in [4.69, 9.17) is 10.3 Å². The van der Waals surface area contributed by atoms with Crippen molar-refractivity contribution < 1.29 is 4.52 Å². The molecule has 2 N–H and O–H groups in total. The van der Waals surface area contributed by atoms with Crippen LogP contribution in [0.1, 0.15) is 25.6 Å². The van der Waals surface area contributed by atoms with Gasteiger partial charge in [-0.1, -0.05) is 5.16 Å². The van der Waals surface area contributed by atoms with Crippen LogP contribution in [-0.2, 0) is 12.1 Å². The van der Waals surface area contributed by atoms with E-state index in [1.165, 1.54) is 10.6 Å². The van der Waals surface area contributed by atoms with Gasteiger partial charge in [-0.25, -0.2) is 0 Å². The van der Waals surface area contributed by atoms with Crippen LogP contribution in [0, 0.1) is 0 Å². The maximum Gasteiger partial charge on any atom is 0.251 e. The van der Waals surface area contributed by atoms with Crippen LogP contribution in [0.15, 0.2) is 32.1 Å². The summed E-state index contributed by atoms with van der Waals surface area (Å²) in [6.07, 6.45) is 1.67. The van der Waals surface area contributed by atoms with Crippen LogP contribution < -0.4 is 11.3 Å². The Morgan fingerprint density at radius 1 is 1.50 bits per heavy atom. The topological polar surface area (TPSA) is 86.9 Å². The van der Waals surface area contributed by atoms with Crippen LogP contribution in [0.2, 0.25) is 0 Å². The molecule has 0 spiro atoms. The summed E-state index contributed by atoms with van der Waals surface area (Å²) in [6, 6.07) is 3.15. The number of rotatable bonds is 3. The standard InChI is InChI=1S/C11H13BrN4O2/c1-11(2,13)10-14-8(18-15-10)6-16-5-7(12)3-4-9(16)17/h3-5H,6,13H2,1-2H3. The molecule has 0 saturated heterocycles. The molecule has 2 aromatic heterocycles. The molecule has 2 rings (SSSR count). The molecule has 0 saturated carbocycles. The normalized spacial score (nSPS) is 11.8. The molecule has 0 aromatic carbocycles. The van der Waals surface area contributed by atoms with E-state index in [1.54, 1.807) is 26.1 Å². The van der Waals surface area contributed by atoms with Crippen molar-refractivity contribution in [2.75, 3.05) is 0 Å². The summed E-state index contributed by atoms with van der Waals surface area (Å²) in [5, 5.41) is 3.80. The highest BCUT2D eigenvalue weighted by molar-refractivity contribution is 9.10. The molecule has 0 unspecified atom stereocenters. The van der Waals surface area contributed by atoms with Crippen LogP contribution in [0.4, 0.5) is 0 Å². The van der Waals surface area contributed by atoms with Gasteiger partial charge < -0.3 is 14.8 Å². The number of aromatic nitrogens is 3. The predicted molar refractivity (Wildman–Crippen MR) is 69.0 cm³/mol. The van der Waals surface area contributed by atoms with Gasteiger partial charge in [-0.3, -0.25) is 4.79 Å². The maximum atomic E-state index is 11.6. The Kier molecular flexibility index (Phi) is 3.36. The minimum atomic E-state index is -0.663. The second-order valence-corrected chi connectivity index (χ2v) is 5.46. The number of halogens is 1. The van der Waals surface area contributed by atoms with E-state index >= 15 is 0 Å². The molecule has 0 bridgehead atoms. The van der Waals surface area contributed by atoms with Crippen molar-refractivity contribution in [1.29, 1.82) is 0 Å². The number of hydrogen-bond donors (Lipinski definition) is 1. The van der Waals surface area contributed by atoms with Gasteiger partial charge in [-0.2, -0.15) is 4.98 Å². The Morgan fingerprint density at radius 2 is 2.22 bits per heavy atom. The fourth-order valence-electron chi connectivity index (χ4n) is 1.35. The van der Waals surface area contributed by atoms with E-state index in [1.807, 2.05) is 0 Å². The van der Waals surface area contributed by atoms with Crippen LogP contribution in [-0.4, -0.2) is 14.7 Å². The third-order valence-electron chi connectivity index (χ3n) is 2.30. The Labute approximate surface area is 112 Å². The van der Waals surface area contributed by atoms with Gasteiger partial charge in [-0.15, -0.1) is 0 Å². The molecule has 0 aliphatic rings. The molecule has 0 amide bonds. The van der Waals surface area contributed by atoms with Crippen LogP contribution in [0.25, 0.3) is 0 Å². The summed E-state index contributed by atoms with van der Waals surface area (Å²) in [6.45, 7) is 3.79. The lowest BCUT2D eigenvalue weighted by molar-refractivity contribution is 0.354. The first-order chi connectivity index (χ1) is 8.36. The molecule has 0 aliphatic heterocycles. The van der Waals surface area contributed by atoms with Crippen LogP contribution in [0.3, 0.4) is 0 Å². The van der Waals surface area contributed by atoms with E-state index in [9.17, 15) is 4.79 Å². The van der Waals surface area contributed by atoms with Crippen LogP contribution in [0.5, 0.6) is 0 Å². The second kappa shape index (κ2) is 4.66. The lowest BCUT2D eigenvalue weighted by Crippen LogP contribution is -2.30. The first-order valence-corrected chi connectivity index (χ1v) is 6.13. The largest absolute Gasteiger partial charge is 0.337 e. The van der Waals surface area contributed by atoms with Gasteiger partial charge in [0.25, 0.3) is 5.56 Å². The molecule has 0 fully saturated rings. The smallest absolute Gasteiger partial charge is 0.251 e. The van der Waals surface area contributed by atoms with Crippen molar-refractivity contribution >= 4 is 15.9 Å². The van der Waals surface area contributed by atoms with E-state index in [2.05, 4.69) is 26.1 Å². The van der Waals surface area contributed by atoms with Crippen molar-refractivity contribution in [2.45, 2.75) is 25.9 Å². The third kappa shape index (κ3) is 2.85. The highest BCUT2D eigenvalue weighted by Crippen LogP contribution is 2.13. The highest BCUT2D eigenvalue weighted by Gasteiger charge is 2.21. The van der Waals surface area contributed by atoms with E-state index in [0.717, 1.165) is 4.47 Å². The van der Waals surface area contributed by atoms with Crippen molar-refractivity contribution in [3.63, 3.8) is 0 Å². The van der Waals surface area contributed by atoms with Gasteiger partial charge in [0, 0.05) is 16.7 Å². The Balaban J connectivity index is 2.27. The molecule has 2 heterocycles. The number of pyridine rings is 1. The summed E-state index contributed by atoms with van der Waals surface area (Å²) >= 11 is 3.30. The van der Waals surface area contributed by atoms with E-state index in [0.29, 0.717) is 11.7 Å². The zero-order chi connectivity index (χ0) is 13.3. The Morgan fingerprint density at radius 3 is 2.83 bits per heavy atom. The van der Waals surface area contributed by atoms with Gasteiger partial charge >= 0.3 is 0 Å². The molecule has 18 heavy (non-hydrogen) atoms. The molecule has 96 valence electrons. The zero-order valence-corrected chi connectivity index (χ0v) is 11.6. The van der Waals surface area contributed by atoms with E-state index in [-0.39, 0.29) is 12.1 Å². The summed E-state index contributed by atoms with van der Waals surface area (Å²) in [7, 11) is 0. The fourth-order valence-corrected chi connectivity index (χ4v) is 1.73. The lowest BCUT2D eigenvalue weighted by Gasteiger charge is -2.11. The summed E-state index contributed by atoms with van der Waals surface area (Å²) < 4.78 is 7.36. The van der Waals surface area contributed by atoms with Gasteiger partial charge in [0.15, 0.2) is 5.82 Å². The van der Waals surface area contributed by atoms with Crippen molar-refractivity contribution in [1.82, 2.24) is 14.7 Å². The highest BCUT2D eigenvalue weighted by atomic mass is 79.9. The van der Waals surface area contributed by atoms with Crippen molar-refractivity contribution in [3.05, 3.63) is 44.9 Å². The monoisotopic (exact) mass is 312 g/mol. The fraction of sp³-hybridized carbons (Fsp3) is 0.364. The third-order valence-corrected chi connectivity index (χ3v) is 2.77. The summed E-state index contributed by atoms with van der Waals surface area (Å²) in [4.78, 5) is 15.8.